The van der Waals surface area contributed by atoms with Gasteiger partial charge in [0.25, 0.3) is 5.56 Å². The van der Waals surface area contributed by atoms with Crippen LogP contribution in [0.25, 0.3) is 22.0 Å². The summed E-state index contributed by atoms with van der Waals surface area (Å²) in [5.74, 6) is 0.397. The number of amides is 1. The van der Waals surface area contributed by atoms with Crippen LogP contribution in [0.4, 0.5) is 0 Å². The van der Waals surface area contributed by atoms with Crippen molar-refractivity contribution in [2.24, 2.45) is 0 Å². The number of nitrogens with one attached hydrogen (secondary N) is 1. The third kappa shape index (κ3) is 4.51. The number of methoxy groups -OCH3 is 1. The smallest absolute Gasteiger partial charge is 0.275 e. The highest BCUT2D eigenvalue weighted by Crippen LogP contribution is 2.28. The monoisotopic (exact) mass is 441 g/mol. The number of benzene rings is 3. The fourth-order valence-electron chi connectivity index (χ4n) is 4.06. The first-order valence-electron chi connectivity index (χ1n) is 10.9. The van der Waals surface area contributed by atoms with Crippen LogP contribution in [0.3, 0.4) is 0 Å². The van der Waals surface area contributed by atoms with Crippen molar-refractivity contribution in [3.63, 3.8) is 0 Å². The maximum Gasteiger partial charge on any atom is 0.275 e. The molecular weight excluding hydrogens is 414 g/mol. The lowest BCUT2D eigenvalue weighted by molar-refractivity contribution is -0.122. The maximum absolute atomic E-state index is 13.2. The SMILES string of the molecule is COc1ccccc1C(C)NC(=O)Cn1nc(-c2cc(C)ccc2C)c2ccccc2c1=O. The molecule has 1 heterocycles. The molecular formula is C27H27N3O3. The van der Waals surface area contributed by atoms with Crippen LogP contribution >= 0.6 is 0 Å². The summed E-state index contributed by atoms with van der Waals surface area (Å²) in [6, 6.07) is 20.8. The summed E-state index contributed by atoms with van der Waals surface area (Å²) in [7, 11) is 1.60. The van der Waals surface area contributed by atoms with Crippen LogP contribution in [-0.4, -0.2) is 22.8 Å². The quantitative estimate of drug-likeness (QED) is 0.476. The molecule has 168 valence electrons. The molecule has 3 aromatic carbocycles. The molecule has 0 radical (unpaired) electrons. The van der Waals surface area contributed by atoms with Gasteiger partial charge >= 0.3 is 0 Å². The summed E-state index contributed by atoms with van der Waals surface area (Å²) >= 11 is 0. The molecule has 6 nitrogen and oxygen atoms in total. The third-order valence-corrected chi connectivity index (χ3v) is 5.79. The molecule has 33 heavy (non-hydrogen) atoms. The van der Waals surface area contributed by atoms with Gasteiger partial charge in [0.2, 0.25) is 5.91 Å². The summed E-state index contributed by atoms with van der Waals surface area (Å²) in [4.78, 5) is 26.1. The van der Waals surface area contributed by atoms with E-state index in [1.807, 2.05) is 75.4 Å². The highest BCUT2D eigenvalue weighted by Gasteiger charge is 2.18. The molecule has 1 unspecified atom stereocenters. The van der Waals surface area contributed by atoms with E-state index in [-0.39, 0.29) is 24.1 Å². The molecule has 0 bridgehead atoms. The van der Waals surface area contributed by atoms with Gasteiger partial charge in [0.15, 0.2) is 0 Å². The van der Waals surface area contributed by atoms with E-state index in [4.69, 9.17) is 4.74 Å². The summed E-state index contributed by atoms with van der Waals surface area (Å²) in [6.45, 7) is 5.74. The highest BCUT2D eigenvalue weighted by atomic mass is 16.5. The standard InChI is InChI=1S/C27H27N3O3/c1-17-13-14-18(2)23(15-17)26-21-10-5-6-11-22(21)27(32)30(29-26)16-25(31)28-19(3)20-9-7-8-12-24(20)33-4/h5-15,19H,16H2,1-4H3,(H,28,31). The van der Waals surface area contributed by atoms with E-state index < -0.39 is 0 Å². The van der Waals surface area contributed by atoms with Gasteiger partial charge in [0.1, 0.15) is 12.3 Å². The minimum atomic E-state index is -0.301. The van der Waals surface area contributed by atoms with Gasteiger partial charge in [0, 0.05) is 16.5 Å². The summed E-state index contributed by atoms with van der Waals surface area (Å²) in [6.07, 6.45) is 0. The molecule has 4 rings (SSSR count). The zero-order valence-corrected chi connectivity index (χ0v) is 19.3. The number of aromatic nitrogens is 2. The molecule has 1 aromatic heterocycles. The number of para-hydroxylation sites is 1. The van der Waals surface area contributed by atoms with Crippen molar-refractivity contribution in [3.05, 3.63) is 93.8 Å². The Morgan fingerprint density at radius 2 is 1.73 bits per heavy atom. The summed E-state index contributed by atoms with van der Waals surface area (Å²) in [5, 5.41) is 8.91. The maximum atomic E-state index is 13.2. The van der Waals surface area contributed by atoms with E-state index in [9.17, 15) is 9.59 Å². The molecule has 0 aliphatic rings. The van der Waals surface area contributed by atoms with Crippen molar-refractivity contribution < 1.29 is 9.53 Å². The van der Waals surface area contributed by atoms with Crippen LogP contribution in [0.1, 0.15) is 29.7 Å². The van der Waals surface area contributed by atoms with Crippen molar-refractivity contribution in [2.75, 3.05) is 7.11 Å². The molecule has 4 aromatic rings. The van der Waals surface area contributed by atoms with E-state index in [2.05, 4.69) is 16.5 Å². The van der Waals surface area contributed by atoms with E-state index in [1.165, 1.54) is 4.68 Å². The Morgan fingerprint density at radius 1 is 1.03 bits per heavy atom. The zero-order valence-electron chi connectivity index (χ0n) is 19.3. The molecule has 0 saturated heterocycles. The normalized spacial score (nSPS) is 11.9. The first-order valence-corrected chi connectivity index (χ1v) is 10.9. The van der Waals surface area contributed by atoms with Crippen molar-refractivity contribution in [1.82, 2.24) is 15.1 Å². The summed E-state index contributed by atoms with van der Waals surface area (Å²) in [5.41, 5.74) is 4.36. The van der Waals surface area contributed by atoms with Gasteiger partial charge in [-0.3, -0.25) is 9.59 Å². The number of ether oxygens (including phenoxy) is 1. The fourth-order valence-corrected chi connectivity index (χ4v) is 4.06. The van der Waals surface area contributed by atoms with Gasteiger partial charge in [-0.05, 0) is 44.5 Å². The molecule has 0 fully saturated rings. The summed E-state index contributed by atoms with van der Waals surface area (Å²) < 4.78 is 6.65. The van der Waals surface area contributed by atoms with Crippen LogP contribution in [0.15, 0.2) is 71.5 Å². The van der Waals surface area contributed by atoms with Gasteiger partial charge in [-0.1, -0.05) is 54.1 Å². The van der Waals surface area contributed by atoms with Gasteiger partial charge in [0.05, 0.1) is 24.2 Å². The average molecular weight is 442 g/mol. The van der Waals surface area contributed by atoms with Crippen molar-refractivity contribution in [1.29, 1.82) is 0 Å². The van der Waals surface area contributed by atoms with Crippen molar-refractivity contribution in [2.45, 2.75) is 33.4 Å². The lowest BCUT2D eigenvalue weighted by atomic mass is 9.99. The van der Waals surface area contributed by atoms with Crippen molar-refractivity contribution >= 4 is 16.7 Å². The molecule has 1 N–H and O–H groups in total. The van der Waals surface area contributed by atoms with Gasteiger partial charge in [-0.15, -0.1) is 0 Å². The second kappa shape index (κ2) is 9.28. The van der Waals surface area contributed by atoms with Crippen LogP contribution in [0, 0.1) is 13.8 Å². The molecule has 0 spiro atoms. The fraction of sp³-hybridized carbons (Fsp3) is 0.222. The second-order valence-corrected chi connectivity index (χ2v) is 8.21. The van der Waals surface area contributed by atoms with E-state index in [0.29, 0.717) is 16.8 Å². The Bertz CT molecular complexity index is 1390. The molecule has 1 amide bonds. The number of hydrogen-bond donors (Lipinski definition) is 1. The number of nitrogens with zero attached hydrogens (tertiary/aromatic N) is 2. The Hall–Kier alpha value is -3.93. The number of carbonyl (C=O) groups excluding carboxylic acids is 1. The Morgan fingerprint density at radius 3 is 2.48 bits per heavy atom. The molecule has 0 saturated carbocycles. The van der Waals surface area contributed by atoms with Crippen LogP contribution in [0.2, 0.25) is 0 Å². The van der Waals surface area contributed by atoms with Gasteiger partial charge < -0.3 is 10.1 Å². The number of carbonyl (C=O) groups is 1. The van der Waals surface area contributed by atoms with E-state index in [0.717, 1.165) is 27.6 Å². The van der Waals surface area contributed by atoms with Gasteiger partial charge in [-0.25, -0.2) is 4.68 Å². The lowest BCUT2D eigenvalue weighted by Gasteiger charge is -2.18. The predicted molar refractivity (Wildman–Crippen MR) is 130 cm³/mol. The first-order chi connectivity index (χ1) is 15.9. The molecule has 0 aliphatic heterocycles. The topological polar surface area (TPSA) is 73.2 Å². The Kier molecular flexibility index (Phi) is 6.27. The predicted octanol–water partition coefficient (Wildman–Crippen LogP) is 4.57. The van der Waals surface area contributed by atoms with Crippen LogP contribution < -0.4 is 15.6 Å². The largest absolute Gasteiger partial charge is 0.496 e. The molecule has 0 aliphatic carbocycles. The van der Waals surface area contributed by atoms with Crippen LogP contribution in [0.5, 0.6) is 5.75 Å². The third-order valence-electron chi connectivity index (χ3n) is 5.79. The average Bonchev–Trinajstić information content (AvgIpc) is 2.82. The molecule has 1 atom stereocenters. The number of aryl methyl sites for hydroxylation is 2. The lowest BCUT2D eigenvalue weighted by Crippen LogP contribution is -2.35. The Labute approximate surface area is 192 Å². The molecule has 6 heteroatoms. The van der Waals surface area contributed by atoms with Crippen LogP contribution in [-0.2, 0) is 11.3 Å². The minimum Gasteiger partial charge on any atom is -0.496 e. The van der Waals surface area contributed by atoms with E-state index >= 15 is 0 Å². The number of rotatable bonds is 6. The second-order valence-electron chi connectivity index (χ2n) is 8.21. The zero-order chi connectivity index (χ0) is 23.5. The highest BCUT2D eigenvalue weighted by molar-refractivity contribution is 5.94. The number of fused-ring (bicyclic) bond motifs is 1. The number of hydrogen-bond acceptors (Lipinski definition) is 4. The first kappa shape index (κ1) is 22.3. The van der Waals surface area contributed by atoms with Crippen molar-refractivity contribution in [3.8, 4) is 17.0 Å². The minimum absolute atomic E-state index is 0.180. The van der Waals surface area contributed by atoms with E-state index in [1.54, 1.807) is 13.2 Å². The van der Waals surface area contributed by atoms with Gasteiger partial charge in [-0.2, -0.15) is 5.10 Å². The Balaban J connectivity index is 1.71.